The second-order valence-corrected chi connectivity index (χ2v) is 2.18. The van der Waals surface area contributed by atoms with Crippen LogP contribution in [0, 0.1) is 5.21 Å². The van der Waals surface area contributed by atoms with Crippen molar-refractivity contribution in [1.29, 1.82) is 0 Å². The van der Waals surface area contributed by atoms with Gasteiger partial charge < -0.3 is 10.3 Å². The number of aliphatic hydroxyl groups is 1. The summed E-state index contributed by atoms with van der Waals surface area (Å²) in [6.07, 6.45) is 0. The first-order chi connectivity index (χ1) is 4.79. The summed E-state index contributed by atoms with van der Waals surface area (Å²) in [7, 11) is 0. The van der Waals surface area contributed by atoms with Crippen LogP contribution in [0.25, 0.3) is 0 Å². The van der Waals surface area contributed by atoms with Crippen LogP contribution >= 0.6 is 15.9 Å². The maximum absolute atomic E-state index is 10.6. The smallest absolute Gasteiger partial charge is 0.247 e. The first-order valence-electron chi connectivity index (χ1n) is 2.54. The van der Waals surface area contributed by atoms with Gasteiger partial charge in [0.15, 0.2) is 0 Å². The van der Waals surface area contributed by atoms with Crippen LogP contribution in [0.2, 0.25) is 0 Å². The molecule has 0 bridgehead atoms. The molecule has 1 rings (SSSR count). The summed E-state index contributed by atoms with van der Waals surface area (Å²) in [6.45, 7) is -0.278. The van der Waals surface area contributed by atoms with Crippen molar-refractivity contribution >= 4 is 15.9 Å². The molecule has 0 aliphatic heterocycles. The summed E-state index contributed by atoms with van der Waals surface area (Å²) >= 11 is 3.05. The normalized spacial score (nSPS) is 10.2. The molecule has 10 heavy (non-hydrogen) atoms. The van der Waals surface area contributed by atoms with Crippen LogP contribution in [0.15, 0.2) is 4.63 Å². The molecule has 0 aliphatic rings. The van der Waals surface area contributed by atoms with Crippen molar-refractivity contribution in [2.75, 3.05) is 0 Å². The minimum atomic E-state index is -0.278. The highest BCUT2D eigenvalue weighted by atomic mass is 79.9. The van der Waals surface area contributed by atoms with Crippen molar-refractivity contribution in [3.05, 3.63) is 16.6 Å². The fourth-order valence-electron chi connectivity index (χ4n) is 0.540. The van der Waals surface area contributed by atoms with Gasteiger partial charge in [-0.1, -0.05) is 15.9 Å². The molecule has 0 radical (unpaired) electrons. The third kappa shape index (κ3) is 1.12. The average molecular weight is 209 g/mol. The topological polar surface area (TPSA) is 73.2 Å². The molecular weight excluding hydrogens is 204 g/mol. The van der Waals surface area contributed by atoms with Crippen LogP contribution in [0.1, 0.15) is 11.4 Å². The predicted molar refractivity (Wildman–Crippen MR) is 34.0 cm³/mol. The standard InChI is InChI=1S/C4H5BrN2O3/c5-1-4-3(2-8)6-10-7(4)9/h8H,1-2H2. The number of hydrogen-bond donors (Lipinski definition) is 1. The van der Waals surface area contributed by atoms with Crippen molar-refractivity contribution < 1.29 is 14.6 Å². The second-order valence-electron chi connectivity index (χ2n) is 1.62. The summed E-state index contributed by atoms with van der Waals surface area (Å²) in [5.41, 5.74) is 0.578. The lowest BCUT2D eigenvalue weighted by Gasteiger charge is -1.87. The maximum Gasteiger partial charge on any atom is 0.247 e. The number of nitrogens with zero attached hydrogens (tertiary/aromatic N) is 2. The van der Waals surface area contributed by atoms with Gasteiger partial charge in [-0.3, -0.25) is 4.63 Å². The Kier molecular flexibility index (Phi) is 2.23. The molecule has 6 heteroatoms. The van der Waals surface area contributed by atoms with Crippen molar-refractivity contribution in [1.82, 2.24) is 5.16 Å². The van der Waals surface area contributed by atoms with Crippen LogP contribution in [0.5, 0.6) is 0 Å². The molecule has 0 atom stereocenters. The number of rotatable bonds is 2. The van der Waals surface area contributed by atoms with Gasteiger partial charge in [0, 0.05) is 5.16 Å². The highest BCUT2D eigenvalue weighted by Gasteiger charge is 2.15. The van der Waals surface area contributed by atoms with Gasteiger partial charge in [0.05, 0.1) is 5.33 Å². The third-order valence-corrected chi connectivity index (χ3v) is 1.59. The number of aliphatic hydroxyl groups excluding tert-OH is 1. The SMILES string of the molecule is [O-][n+]1onc(CO)c1CBr. The van der Waals surface area contributed by atoms with E-state index in [4.69, 9.17) is 5.11 Å². The van der Waals surface area contributed by atoms with Crippen molar-refractivity contribution in [2.45, 2.75) is 11.9 Å². The molecule has 0 saturated heterocycles. The molecule has 0 amide bonds. The van der Waals surface area contributed by atoms with E-state index < -0.39 is 0 Å². The van der Waals surface area contributed by atoms with Gasteiger partial charge in [0.25, 0.3) is 0 Å². The van der Waals surface area contributed by atoms with E-state index in [-0.39, 0.29) is 17.2 Å². The molecule has 0 spiro atoms. The molecule has 0 aliphatic carbocycles. The lowest BCUT2D eigenvalue weighted by Crippen LogP contribution is -2.27. The lowest BCUT2D eigenvalue weighted by atomic mass is 10.4. The molecule has 1 N–H and O–H groups in total. The number of halogens is 1. The summed E-state index contributed by atoms with van der Waals surface area (Å²) < 4.78 is 4.20. The Morgan fingerprint density at radius 1 is 1.80 bits per heavy atom. The molecule has 1 aromatic heterocycles. The van der Waals surface area contributed by atoms with Gasteiger partial charge in [-0.2, -0.15) is 0 Å². The van der Waals surface area contributed by atoms with Gasteiger partial charge in [0.2, 0.25) is 11.4 Å². The van der Waals surface area contributed by atoms with Crippen LogP contribution < -0.4 is 4.90 Å². The zero-order valence-electron chi connectivity index (χ0n) is 4.95. The van der Waals surface area contributed by atoms with E-state index in [1.165, 1.54) is 0 Å². The van der Waals surface area contributed by atoms with Crippen molar-refractivity contribution in [3.63, 3.8) is 0 Å². The van der Waals surface area contributed by atoms with Crippen LogP contribution in [0.3, 0.4) is 0 Å². The van der Waals surface area contributed by atoms with E-state index in [1.807, 2.05) is 0 Å². The third-order valence-electron chi connectivity index (χ3n) is 1.06. The Bertz CT molecular complexity index is 224. The average Bonchev–Trinajstić information content (AvgIpc) is 2.30. The zero-order valence-corrected chi connectivity index (χ0v) is 6.54. The first-order valence-corrected chi connectivity index (χ1v) is 3.66. The molecule has 1 aromatic rings. The van der Waals surface area contributed by atoms with Gasteiger partial charge in [-0.25, -0.2) is 0 Å². The number of alkyl halides is 1. The predicted octanol–water partition coefficient (Wildman–Crippen LogP) is -0.305. The number of aromatic nitrogens is 2. The molecule has 1 heterocycles. The van der Waals surface area contributed by atoms with Gasteiger partial charge in [-0.15, -0.1) is 0 Å². The van der Waals surface area contributed by atoms with Crippen LogP contribution in [-0.4, -0.2) is 10.3 Å². The number of hydrogen-bond acceptors (Lipinski definition) is 4. The fraction of sp³-hybridized carbons (Fsp3) is 0.500. The first kappa shape index (κ1) is 7.49. The largest absolute Gasteiger partial charge is 0.387 e. The quantitative estimate of drug-likeness (QED) is 0.535. The molecule has 0 fully saturated rings. The lowest BCUT2D eigenvalue weighted by molar-refractivity contribution is -0.807. The van der Waals surface area contributed by atoms with Crippen molar-refractivity contribution in [3.8, 4) is 0 Å². The van der Waals surface area contributed by atoms with E-state index in [0.29, 0.717) is 11.0 Å². The molecule has 56 valence electrons. The fourth-order valence-corrected chi connectivity index (χ4v) is 1.07. The van der Waals surface area contributed by atoms with E-state index in [1.54, 1.807) is 0 Å². The monoisotopic (exact) mass is 208 g/mol. The Morgan fingerprint density at radius 2 is 2.50 bits per heavy atom. The maximum atomic E-state index is 10.6. The van der Waals surface area contributed by atoms with Crippen molar-refractivity contribution in [2.24, 2.45) is 0 Å². The van der Waals surface area contributed by atoms with E-state index in [0.717, 1.165) is 0 Å². The highest BCUT2D eigenvalue weighted by Crippen LogP contribution is 2.04. The van der Waals surface area contributed by atoms with E-state index in [9.17, 15) is 5.21 Å². The highest BCUT2D eigenvalue weighted by molar-refractivity contribution is 9.08. The van der Waals surface area contributed by atoms with E-state index in [2.05, 4.69) is 25.7 Å². The van der Waals surface area contributed by atoms with Crippen LogP contribution in [-0.2, 0) is 11.9 Å². The summed E-state index contributed by atoms with van der Waals surface area (Å²) in [5.74, 6) is 0. The van der Waals surface area contributed by atoms with Gasteiger partial charge in [0.1, 0.15) is 6.61 Å². The van der Waals surface area contributed by atoms with Gasteiger partial charge in [-0.05, 0) is 4.90 Å². The Morgan fingerprint density at radius 3 is 2.90 bits per heavy atom. The second kappa shape index (κ2) is 2.98. The summed E-state index contributed by atoms with van der Waals surface area (Å²) in [5, 5.41) is 22.8. The zero-order chi connectivity index (χ0) is 7.56. The minimum absolute atomic E-state index is 0.264. The molecule has 0 unspecified atom stereocenters. The Labute approximate surface area is 64.9 Å². The molecular formula is C4H5BrN2O3. The molecule has 0 aromatic carbocycles. The molecule has 0 saturated carbocycles. The van der Waals surface area contributed by atoms with Gasteiger partial charge >= 0.3 is 0 Å². The Hall–Kier alpha value is -0.620. The summed E-state index contributed by atoms with van der Waals surface area (Å²) in [4.78, 5) is 0.264. The minimum Gasteiger partial charge on any atom is -0.387 e. The van der Waals surface area contributed by atoms with E-state index >= 15 is 0 Å². The molecule has 5 nitrogen and oxygen atoms in total. The summed E-state index contributed by atoms with van der Waals surface area (Å²) in [6, 6.07) is 0. The Balaban J connectivity index is 3.01. The van der Waals surface area contributed by atoms with Crippen LogP contribution in [0.4, 0.5) is 0 Å².